The van der Waals surface area contributed by atoms with Crippen molar-refractivity contribution < 1.29 is 13.2 Å². The lowest BCUT2D eigenvalue weighted by Crippen LogP contribution is -2.36. The number of nitrogens with one attached hydrogen (secondary N) is 1. The number of allylic oxidation sites excluding steroid dienone is 4. The van der Waals surface area contributed by atoms with Crippen LogP contribution in [0.4, 0.5) is 0 Å². The van der Waals surface area contributed by atoms with Crippen molar-refractivity contribution in [3.8, 4) is 0 Å². The number of aryl methyl sites for hydroxylation is 1. The summed E-state index contributed by atoms with van der Waals surface area (Å²) in [5.41, 5.74) is 1.55. The van der Waals surface area contributed by atoms with Gasteiger partial charge in [-0.2, -0.15) is 0 Å². The van der Waals surface area contributed by atoms with Gasteiger partial charge in [-0.3, -0.25) is 9.52 Å². The number of carbonyl (C=O) groups excluding carboxylic acids is 1. The molecule has 2 aromatic carbocycles. The first-order valence-corrected chi connectivity index (χ1v) is 10.9. The Kier molecular flexibility index (Phi) is 5.98. The van der Waals surface area contributed by atoms with Gasteiger partial charge in [-0.1, -0.05) is 66.5 Å². The van der Waals surface area contributed by atoms with E-state index in [2.05, 4.69) is 4.72 Å². The zero-order valence-corrected chi connectivity index (χ0v) is 17.6. The van der Waals surface area contributed by atoms with Gasteiger partial charge in [0.15, 0.2) is 5.78 Å². The van der Waals surface area contributed by atoms with Crippen LogP contribution in [0, 0.1) is 18.8 Å². The van der Waals surface area contributed by atoms with Crippen LogP contribution in [0.5, 0.6) is 0 Å². The van der Waals surface area contributed by atoms with Gasteiger partial charge < -0.3 is 0 Å². The average molecular weight is 436 g/mol. The van der Waals surface area contributed by atoms with Crippen LogP contribution in [0.3, 0.4) is 0 Å². The Bertz CT molecular complexity index is 1080. The minimum absolute atomic E-state index is 0.0308. The number of sulfonamides is 1. The zero-order chi connectivity index (χ0) is 20.5. The van der Waals surface area contributed by atoms with Crippen molar-refractivity contribution in [1.29, 1.82) is 0 Å². The van der Waals surface area contributed by atoms with Crippen LogP contribution in [-0.4, -0.2) is 14.2 Å². The maximum atomic E-state index is 13.1. The molecule has 0 radical (unpaired) electrons. The molecule has 4 nitrogen and oxygen atoms in total. The second-order valence-corrected chi connectivity index (χ2v) is 9.21. The number of halogens is 2. The SMILES string of the molecule is Cc1ccc(S(=O)(=O)NC2=CC=C(Cl)C(C)C2C(=O)c2ccccc2)cc1Cl. The lowest BCUT2D eigenvalue weighted by molar-refractivity contribution is 0.0915. The molecule has 28 heavy (non-hydrogen) atoms. The number of Topliss-reactive ketones (excluding diaryl/α,β-unsaturated/α-hetero) is 1. The molecule has 0 spiro atoms. The molecule has 0 heterocycles. The molecule has 2 unspecified atom stereocenters. The van der Waals surface area contributed by atoms with E-state index in [1.807, 2.05) is 6.07 Å². The van der Waals surface area contributed by atoms with E-state index in [-0.39, 0.29) is 22.3 Å². The second kappa shape index (κ2) is 8.11. The van der Waals surface area contributed by atoms with Gasteiger partial charge >= 0.3 is 0 Å². The van der Waals surface area contributed by atoms with Crippen molar-refractivity contribution >= 4 is 39.0 Å². The molecular weight excluding hydrogens is 417 g/mol. The Balaban J connectivity index is 1.97. The average Bonchev–Trinajstić information content (AvgIpc) is 2.67. The Labute approximate surface area is 174 Å². The normalized spacial score (nSPS) is 19.6. The number of hydrogen-bond acceptors (Lipinski definition) is 3. The first-order valence-electron chi connectivity index (χ1n) is 8.66. The Hall–Kier alpha value is -2.08. The van der Waals surface area contributed by atoms with Gasteiger partial charge in [0.25, 0.3) is 10.0 Å². The van der Waals surface area contributed by atoms with Gasteiger partial charge in [0.1, 0.15) is 0 Å². The van der Waals surface area contributed by atoms with Crippen LogP contribution in [-0.2, 0) is 10.0 Å². The molecule has 0 saturated carbocycles. The summed E-state index contributed by atoms with van der Waals surface area (Å²) in [6.07, 6.45) is 3.15. The highest BCUT2D eigenvalue weighted by Crippen LogP contribution is 2.35. The number of benzene rings is 2. The largest absolute Gasteiger partial charge is 0.293 e. The molecule has 0 aromatic heterocycles. The summed E-state index contributed by atoms with van der Waals surface area (Å²) in [7, 11) is -3.92. The van der Waals surface area contributed by atoms with E-state index in [4.69, 9.17) is 23.2 Å². The zero-order valence-electron chi connectivity index (χ0n) is 15.3. The van der Waals surface area contributed by atoms with Crippen LogP contribution in [0.2, 0.25) is 5.02 Å². The Morgan fingerprint density at radius 2 is 1.71 bits per heavy atom. The Morgan fingerprint density at radius 1 is 1.04 bits per heavy atom. The lowest BCUT2D eigenvalue weighted by atomic mass is 9.81. The maximum Gasteiger partial charge on any atom is 0.261 e. The fourth-order valence-corrected chi connectivity index (χ4v) is 4.63. The highest BCUT2D eigenvalue weighted by molar-refractivity contribution is 7.89. The molecule has 1 N–H and O–H groups in total. The van der Waals surface area contributed by atoms with Gasteiger partial charge in [-0.15, -0.1) is 0 Å². The molecule has 7 heteroatoms. The Morgan fingerprint density at radius 3 is 2.36 bits per heavy atom. The summed E-state index contributed by atoms with van der Waals surface area (Å²) < 4.78 is 28.3. The predicted molar refractivity (Wildman–Crippen MR) is 112 cm³/mol. The first-order chi connectivity index (χ1) is 13.2. The summed E-state index contributed by atoms with van der Waals surface area (Å²) in [5.74, 6) is -1.30. The molecule has 1 aliphatic rings. The van der Waals surface area contributed by atoms with Gasteiger partial charge in [-0.25, -0.2) is 8.42 Å². The minimum Gasteiger partial charge on any atom is -0.293 e. The topological polar surface area (TPSA) is 63.2 Å². The van der Waals surface area contributed by atoms with E-state index in [0.717, 1.165) is 5.56 Å². The summed E-state index contributed by atoms with van der Waals surface area (Å²) in [6.45, 7) is 3.59. The third-order valence-corrected chi connectivity index (χ3v) is 7.00. The van der Waals surface area contributed by atoms with Crippen molar-refractivity contribution in [3.63, 3.8) is 0 Å². The fraction of sp³-hybridized carbons (Fsp3) is 0.190. The molecular formula is C21H19Cl2NO3S. The summed E-state index contributed by atoms with van der Waals surface area (Å²) in [4.78, 5) is 13.1. The molecule has 0 amide bonds. The third-order valence-electron chi connectivity index (χ3n) is 4.74. The summed E-state index contributed by atoms with van der Waals surface area (Å²) in [5, 5.41) is 0.851. The molecule has 0 saturated heterocycles. The van der Waals surface area contributed by atoms with Gasteiger partial charge in [0.05, 0.1) is 10.8 Å². The number of carbonyl (C=O) groups is 1. The van der Waals surface area contributed by atoms with E-state index >= 15 is 0 Å². The van der Waals surface area contributed by atoms with Crippen molar-refractivity contribution in [1.82, 2.24) is 4.72 Å². The fourth-order valence-electron chi connectivity index (χ4n) is 3.06. The van der Waals surface area contributed by atoms with Crippen LogP contribution < -0.4 is 4.72 Å². The van der Waals surface area contributed by atoms with Crippen LogP contribution >= 0.6 is 23.2 Å². The molecule has 0 aliphatic heterocycles. The van der Waals surface area contributed by atoms with Crippen molar-refractivity contribution in [2.45, 2.75) is 18.7 Å². The third kappa shape index (κ3) is 4.17. The van der Waals surface area contributed by atoms with Crippen LogP contribution in [0.15, 0.2) is 76.3 Å². The molecule has 146 valence electrons. The van der Waals surface area contributed by atoms with Gasteiger partial charge in [0, 0.05) is 27.2 Å². The van der Waals surface area contributed by atoms with Crippen molar-refractivity contribution in [2.24, 2.45) is 11.8 Å². The number of hydrogen-bond donors (Lipinski definition) is 1. The van der Waals surface area contributed by atoms with Crippen LogP contribution in [0.1, 0.15) is 22.8 Å². The molecule has 2 aromatic rings. The predicted octanol–water partition coefficient (Wildman–Crippen LogP) is 5.08. The quantitative estimate of drug-likeness (QED) is 0.665. The van der Waals surface area contributed by atoms with E-state index < -0.39 is 15.9 Å². The van der Waals surface area contributed by atoms with E-state index in [9.17, 15) is 13.2 Å². The minimum atomic E-state index is -3.92. The molecule has 0 bridgehead atoms. The van der Waals surface area contributed by atoms with E-state index in [1.165, 1.54) is 12.1 Å². The molecule has 0 fully saturated rings. The molecule has 1 aliphatic carbocycles. The second-order valence-electron chi connectivity index (χ2n) is 6.69. The first kappa shape index (κ1) is 20.6. The number of rotatable bonds is 5. The standard InChI is InChI=1S/C21H19Cl2NO3S/c1-13-8-9-16(12-18(13)23)28(26,27)24-19-11-10-17(22)14(2)20(19)21(25)15-6-4-3-5-7-15/h3-12,14,20,24H,1-2H3. The van der Waals surface area contributed by atoms with Crippen molar-refractivity contribution in [3.05, 3.63) is 87.6 Å². The van der Waals surface area contributed by atoms with E-state index in [0.29, 0.717) is 15.6 Å². The van der Waals surface area contributed by atoms with Gasteiger partial charge in [-0.05, 0) is 36.8 Å². The lowest BCUT2D eigenvalue weighted by Gasteiger charge is -2.28. The van der Waals surface area contributed by atoms with Crippen LogP contribution in [0.25, 0.3) is 0 Å². The molecule has 2 atom stereocenters. The smallest absolute Gasteiger partial charge is 0.261 e. The maximum absolute atomic E-state index is 13.1. The summed E-state index contributed by atoms with van der Waals surface area (Å²) in [6, 6.07) is 13.3. The number of ketones is 1. The van der Waals surface area contributed by atoms with Crippen molar-refractivity contribution in [2.75, 3.05) is 0 Å². The highest BCUT2D eigenvalue weighted by atomic mass is 35.5. The van der Waals surface area contributed by atoms with Gasteiger partial charge in [0.2, 0.25) is 0 Å². The summed E-state index contributed by atoms with van der Waals surface area (Å²) >= 11 is 12.3. The van der Waals surface area contributed by atoms with E-state index in [1.54, 1.807) is 56.3 Å². The highest BCUT2D eigenvalue weighted by Gasteiger charge is 2.35. The molecule has 3 rings (SSSR count). The monoisotopic (exact) mass is 435 g/mol.